The fraction of sp³-hybridized carbons (Fsp3) is 0.909. The number of aliphatic carboxylic acids is 1. The van der Waals surface area contributed by atoms with Crippen molar-refractivity contribution in [3.8, 4) is 0 Å². The molecule has 0 aromatic rings. The first-order valence-corrected chi connectivity index (χ1v) is 5.47. The lowest BCUT2D eigenvalue weighted by atomic mass is 9.93. The largest absolute Gasteiger partial charge is 0.481 e. The number of aliphatic hydroxyl groups excluding tert-OH is 1. The van der Waals surface area contributed by atoms with Gasteiger partial charge in [-0.2, -0.15) is 0 Å². The van der Waals surface area contributed by atoms with Crippen LogP contribution in [0.4, 0.5) is 0 Å². The molecule has 1 saturated carbocycles. The van der Waals surface area contributed by atoms with Crippen molar-refractivity contribution in [2.24, 2.45) is 10.8 Å². The van der Waals surface area contributed by atoms with Crippen LogP contribution in [0.1, 0.15) is 33.1 Å². The van der Waals surface area contributed by atoms with E-state index in [-0.39, 0.29) is 12.0 Å². The maximum Gasteiger partial charge on any atom is 0.310 e. The molecule has 15 heavy (non-hydrogen) atoms. The van der Waals surface area contributed by atoms with Gasteiger partial charge >= 0.3 is 5.97 Å². The Kier molecular flexibility index (Phi) is 3.73. The van der Waals surface area contributed by atoms with E-state index in [1.807, 2.05) is 0 Å². The van der Waals surface area contributed by atoms with Crippen molar-refractivity contribution in [3.05, 3.63) is 0 Å². The Balaban J connectivity index is 2.24. The molecule has 4 nitrogen and oxygen atoms in total. The lowest BCUT2D eigenvalue weighted by molar-refractivity contribution is -0.146. The number of carbonyl (C=O) groups is 1. The minimum Gasteiger partial charge on any atom is -0.481 e. The van der Waals surface area contributed by atoms with Gasteiger partial charge in [-0.3, -0.25) is 4.79 Å². The van der Waals surface area contributed by atoms with E-state index >= 15 is 0 Å². The Morgan fingerprint density at radius 3 is 2.47 bits per heavy atom. The Bertz CT molecular complexity index is 234. The van der Waals surface area contributed by atoms with Gasteiger partial charge in [0.25, 0.3) is 0 Å². The van der Waals surface area contributed by atoms with Gasteiger partial charge in [0.15, 0.2) is 0 Å². The molecular weight excluding hydrogens is 194 g/mol. The van der Waals surface area contributed by atoms with E-state index in [2.05, 4.69) is 5.32 Å². The second-order valence-corrected chi connectivity index (χ2v) is 5.27. The second-order valence-electron chi connectivity index (χ2n) is 5.27. The van der Waals surface area contributed by atoms with Gasteiger partial charge in [0.2, 0.25) is 0 Å². The molecule has 0 saturated heterocycles. The van der Waals surface area contributed by atoms with Gasteiger partial charge in [-0.25, -0.2) is 0 Å². The number of nitrogens with one attached hydrogen (secondary N) is 1. The highest BCUT2D eigenvalue weighted by atomic mass is 16.4. The van der Waals surface area contributed by atoms with Crippen molar-refractivity contribution >= 4 is 5.97 Å². The van der Waals surface area contributed by atoms with Crippen LogP contribution in [0, 0.1) is 10.8 Å². The third-order valence-corrected chi connectivity index (χ3v) is 3.25. The van der Waals surface area contributed by atoms with Crippen molar-refractivity contribution in [3.63, 3.8) is 0 Å². The Morgan fingerprint density at radius 1 is 1.47 bits per heavy atom. The summed E-state index contributed by atoms with van der Waals surface area (Å²) in [5.74, 6) is -0.776. The lowest BCUT2D eigenvalue weighted by Crippen LogP contribution is -2.38. The molecule has 88 valence electrons. The first-order valence-electron chi connectivity index (χ1n) is 5.47. The molecule has 1 fully saturated rings. The van der Waals surface area contributed by atoms with Crippen LogP contribution in [0.3, 0.4) is 0 Å². The predicted molar refractivity (Wildman–Crippen MR) is 57.7 cm³/mol. The minimum atomic E-state index is -0.776. The van der Waals surface area contributed by atoms with E-state index in [0.717, 1.165) is 25.8 Å². The van der Waals surface area contributed by atoms with E-state index < -0.39 is 11.4 Å². The van der Waals surface area contributed by atoms with E-state index in [0.29, 0.717) is 6.54 Å². The topological polar surface area (TPSA) is 69.6 Å². The van der Waals surface area contributed by atoms with E-state index in [1.165, 1.54) is 0 Å². The van der Waals surface area contributed by atoms with Crippen molar-refractivity contribution in [1.29, 1.82) is 0 Å². The average Bonchev–Trinajstić information content (AvgIpc) is 2.85. The number of rotatable bonds is 7. The highest BCUT2D eigenvalue weighted by Gasteiger charge is 2.41. The fourth-order valence-corrected chi connectivity index (χ4v) is 1.64. The van der Waals surface area contributed by atoms with Crippen LogP contribution in [0.15, 0.2) is 0 Å². The molecule has 4 heteroatoms. The molecule has 0 aromatic carbocycles. The van der Waals surface area contributed by atoms with Crippen LogP contribution in [0.5, 0.6) is 0 Å². The second kappa shape index (κ2) is 4.49. The fourth-order valence-electron chi connectivity index (χ4n) is 1.64. The monoisotopic (exact) mass is 215 g/mol. The maximum absolute atomic E-state index is 10.8. The molecule has 0 aromatic heterocycles. The summed E-state index contributed by atoms with van der Waals surface area (Å²) in [4.78, 5) is 10.8. The standard InChI is InChI=1S/C11H21NO3/c1-10(2,9(14)15)7-12-8-11(3-4-11)5-6-13/h12-13H,3-8H2,1-2H3,(H,14,15). The molecule has 0 unspecified atom stereocenters. The van der Waals surface area contributed by atoms with Gasteiger partial charge in [0, 0.05) is 19.7 Å². The third-order valence-electron chi connectivity index (χ3n) is 3.25. The van der Waals surface area contributed by atoms with Crippen LogP contribution in [0.25, 0.3) is 0 Å². The van der Waals surface area contributed by atoms with Crippen LogP contribution >= 0.6 is 0 Å². The first kappa shape index (κ1) is 12.5. The summed E-state index contributed by atoms with van der Waals surface area (Å²) < 4.78 is 0. The highest BCUT2D eigenvalue weighted by molar-refractivity contribution is 5.73. The maximum atomic E-state index is 10.8. The Labute approximate surface area is 90.7 Å². The van der Waals surface area contributed by atoms with E-state index in [1.54, 1.807) is 13.8 Å². The molecule has 0 radical (unpaired) electrons. The summed E-state index contributed by atoms with van der Waals surface area (Å²) in [6.45, 7) is 4.96. The number of hydrogen-bond acceptors (Lipinski definition) is 3. The smallest absolute Gasteiger partial charge is 0.310 e. The quantitative estimate of drug-likeness (QED) is 0.589. The summed E-state index contributed by atoms with van der Waals surface area (Å²) in [6, 6.07) is 0. The van der Waals surface area contributed by atoms with E-state index in [4.69, 9.17) is 10.2 Å². The zero-order valence-corrected chi connectivity index (χ0v) is 9.55. The molecule has 0 spiro atoms. The van der Waals surface area contributed by atoms with E-state index in [9.17, 15) is 4.79 Å². The van der Waals surface area contributed by atoms with Gasteiger partial charge < -0.3 is 15.5 Å². The van der Waals surface area contributed by atoms with Crippen LogP contribution < -0.4 is 5.32 Å². The van der Waals surface area contributed by atoms with Gasteiger partial charge in [-0.05, 0) is 38.5 Å². The minimum absolute atomic E-state index is 0.226. The summed E-state index contributed by atoms with van der Waals surface area (Å²) >= 11 is 0. The molecule has 1 aliphatic rings. The van der Waals surface area contributed by atoms with Crippen LogP contribution in [-0.4, -0.2) is 35.9 Å². The van der Waals surface area contributed by atoms with Gasteiger partial charge in [-0.1, -0.05) is 0 Å². The zero-order valence-electron chi connectivity index (χ0n) is 9.55. The zero-order chi connectivity index (χ0) is 11.5. The molecule has 3 N–H and O–H groups in total. The van der Waals surface area contributed by atoms with Crippen molar-refractivity contribution in [2.45, 2.75) is 33.1 Å². The first-order chi connectivity index (χ1) is 6.92. The highest BCUT2D eigenvalue weighted by Crippen LogP contribution is 2.47. The number of hydrogen-bond donors (Lipinski definition) is 3. The Morgan fingerprint density at radius 2 is 2.07 bits per heavy atom. The molecule has 0 amide bonds. The summed E-state index contributed by atoms with van der Waals surface area (Å²) in [6.07, 6.45) is 3.12. The van der Waals surface area contributed by atoms with Crippen molar-refractivity contribution in [1.82, 2.24) is 5.32 Å². The summed E-state index contributed by atoms with van der Waals surface area (Å²) in [5, 5.41) is 21.0. The lowest BCUT2D eigenvalue weighted by Gasteiger charge is -2.22. The predicted octanol–water partition coefficient (Wildman–Crippen LogP) is 0.849. The van der Waals surface area contributed by atoms with Crippen molar-refractivity contribution < 1.29 is 15.0 Å². The molecule has 1 rings (SSSR count). The summed E-state index contributed by atoms with van der Waals surface area (Å²) in [5.41, 5.74) is -0.460. The van der Waals surface area contributed by atoms with Gasteiger partial charge in [-0.15, -0.1) is 0 Å². The van der Waals surface area contributed by atoms with Gasteiger partial charge in [0.05, 0.1) is 5.41 Å². The number of carboxylic acids is 1. The molecular formula is C11H21NO3. The van der Waals surface area contributed by atoms with Crippen molar-refractivity contribution in [2.75, 3.05) is 19.7 Å². The van der Waals surface area contributed by atoms with Gasteiger partial charge in [0.1, 0.15) is 0 Å². The van der Waals surface area contributed by atoms with Crippen LogP contribution in [-0.2, 0) is 4.79 Å². The Hall–Kier alpha value is -0.610. The molecule has 0 aliphatic heterocycles. The van der Waals surface area contributed by atoms with Crippen LogP contribution in [0.2, 0.25) is 0 Å². The SMILES string of the molecule is CC(C)(CNCC1(CCO)CC1)C(=O)O. The number of carboxylic acid groups (broad SMARTS) is 1. The molecule has 0 bridgehead atoms. The third kappa shape index (κ3) is 3.47. The number of aliphatic hydroxyl groups is 1. The average molecular weight is 215 g/mol. The molecule has 0 atom stereocenters. The normalized spacial score (nSPS) is 18.9. The molecule has 0 heterocycles. The molecule has 1 aliphatic carbocycles. The summed E-state index contributed by atoms with van der Waals surface area (Å²) in [7, 11) is 0.